The van der Waals surface area contributed by atoms with Gasteiger partial charge in [-0.3, -0.25) is 4.79 Å². The van der Waals surface area contributed by atoms with Crippen LogP contribution in [-0.2, 0) is 0 Å². The van der Waals surface area contributed by atoms with Crippen molar-refractivity contribution in [1.82, 2.24) is 10.3 Å². The van der Waals surface area contributed by atoms with E-state index >= 15 is 0 Å². The van der Waals surface area contributed by atoms with Crippen molar-refractivity contribution in [2.24, 2.45) is 0 Å². The lowest BCUT2D eigenvalue weighted by atomic mass is 10.1. The Morgan fingerprint density at radius 3 is 2.50 bits per heavy atom. The highest BCUT2D eigenvalue weighted by Crippen LogP contribution is 2.07. The number of rotatable bonds is 3. The molecule has 0 bridgehead atoms. The van der Waals surface area contributed by atoms with E-state index < -0.39 is 0 Å². The Morgan fingerprint density at radius 2 is 2.06 bits per heavy atom. The minimum absolute atomic E-state index is 0.143. The number of nitrogens with zero attached hydrogens (tertiary/aromatic N) is 1. The maximum atomic E-state index is 11.7. The van der Waals surface area contributed by atoms with E-state index in [1.54, 1.807) is 12.3 Å². The Morgan fingerprint density at radius 1 is 1.38 bits per heavy atom. The molecule has 0 radical (unpaired) electrons. The third kappa shape index (κ3) is 3.88. The third-order valence-corrected chi connectivity index (χ3v) is 1.87. The van der Waals surface area contributed by atoms with Crippen molar-refractivity contribution < 1.29 is 4.79 Å². The molecule has 0 aliphatic heterocycles. The van der Waals surface area contributed by atoms with E-state index in [-0.39, 0.29) is 11.4 Å². The Labute approximate surface area is 96.5 Å². The van der Waals surface area contributed by atoms with E-state index in [2.05, 4.69) is 15.6 Å². The van der Waals surface area contributed by atoms with Gasteiger partial charge in [-0.2, -0.15) is 0 Å². The number of anilines is 1. The fourth-order valence-electron chi connectivity index (χ4n) is 1.24. The molecule has 16 heavy (non-hydrogen) atoms. The first-order valence-electron chi connectivity index (χ1n) is 5.45. The molecule has 0 saturated heterocycles. The molecule has 0 aromatic carbocycles. The second-order valence-corrected chi connectivity index (χ2v) is 4.67. The maximum absolute atomic E-state index is 11.7. The fourth-order valence-corrected chi connectivity index (χ4v) is 1.24. The number of pyridine rings is 1. The number of carbonyl (C=O) groups is 1. The monoisotopic (exact) mass is 221 g/mol. The summed E-state index contributed by atoms with van der Waals surface area (Å²) in [4.78, 5) is 15.8. The summed E-state index contributed by atoms with van der Waals surface area (Å²) in [7, 11) is 0. The van der Waals surface area contributed by atoms with Gasteiger partial charge in [0.1, 0.15) is 5.69 Å². The maximum Gasteiger partial charge on any atom is 0.270 e. The van der Waals surface area contributed by atoms with Gasteiger partial charge in [0.15, 0.2) is 0 Å². The molecule has 0 aliphatic carbocycles. The molecule has 0 unspecified atom stereocenters. The molecule has 0 aliphatic rings. The number of hydrogen-bond donors (Lipinski definition) is 2. The molecule has 0 fully saturated rings. The lowest BCUT2D eigenvalue weighted by Crippen LogP contribution is -2.40. The summed E-state index contributed by atoms with van der Waals surface area (Å²) in [5, 5.41) is 5.99. The van der Waals surface area contributed by atoms with Crippen LogP contribution in [0, 0.1) is 0 Å². The zero-order chi connectivity index (χ0) is 12.2. The average Bonchev–Trinajstić information content (AvgIpc) is 2.16. The van der Waals surface area contributed by atoms with Gasteiger partial charge < -0.3 is 10.6 Å². The molecule has 88 valence electrons. The van der Waals surface area contributed by atoms with Crippen LogP contribution in [0.15, 0.2) is 18.3 Å². The Hall–Kier alpha value is -1.58. The van der Waals surface area contributed by atoms with Crippen molar-refractivity contribution in [1.29, 1.82) is 0 Å². The normalized spacial score (nSPS) is 11.0. The minimum atomic E-state index is -0.237. The summed E-state index contributed by atoms with van der Waals surface area (Å²) < 4.78 is 0. The standard InChI is InChI=1S/C12H19N3O/c1-5-13-9-6-7-10(14-8-9)11(16)15-12(2,3)4/h6-8,13H,5H2,1-4H3,(H,15,16). The van der Waals surface area contributed by atoms with Crippen molar-refractivity contribution in [3.05, 3.63) is 24.0 Å². The van der Waals surface area contributed by atoms with Gasteiger partial charge in [0.2, 0.25) is 0 Å². The van der Waals surface area contributed by atoms with Crippen LogP contribution in [0.25, 0.3) is 0 Å². The second kappa shape index (κ2) is 4.96. The zero-order valence-corrected chi connectivity index (χ0v) is 10.3. The van der Waals surface area contributed by atoms with Crippen LogP contribution in [0.4, 0.5) is 5.69 Å². The molecule has 1 rings (SSSR count). The van der Waals surface area contributed by atoms with Crippen molar-refractivity contribution in [2.45, 2.75) is 33.2 Å². The first-order valence-corrected chi connectivity index (χ1v) is 5.45. The van der Waals surface area contributed by atoms with Crippen molar-refractivity contribution in [2.75, 3.05) is 11.9 Å². The summed E-state index contributed by atoms with van der Waals surface area (Å²) in [5.41, 5.74) is 1.13. The predicted molar refractivity (Wildman–Crippen MR) is 65.6 cm³/mol. The van der Waals surface area contributed by atoms with Gasteiger partial charge in [-0.1, -0.05) is 0 Å². The molecule has 1 aromatic heterocycles. The van der Waals surface area contributed by atoms with E-state index in [0.29, 0.717) is 5.69 Å². The van der Waals surface area contributed by atoms with Crippen LogP contribution in [0.2, 0.25) is 0 Å². The van der Waals surface area contributed by atoms with Gasteiger partial charge in [-0.25, -0.2) is 4.98 Å². The molecule has 0 saturated carbocycles. The van der Waals surface area contributed by atoms with Crippen LogP contribution >= 0.6 is 0 Å². The Kier molecular flexibility index (Phi) is 3.88. The SMILES string of the molecule is CCNc1ccc(C(=O)NC(C)(C)C)nc1. The smallest absolute Gasteiger partial charge is 0.270 e. The lowest BCUT2D eigenvalue weighted by molar-refractivity contribution is 0.0914. The lowest BCUT2D eigenvalue weighted by Gasteiger charge is -2.20. The number of hydrogen-bond acceptors (Lipinski definition) is 3. The van der Waals surface area contributed by atoms with Crippen molar-refractivity contribution in [3.63, 3.8) is 0 Å². The molecule has 4 heteroatoms. The first kappa shape index (κ1) is 12.5. The minimum Gasteiger partial charge on any atom is -0.384 e. The first-order chi connectivity index (χ1) is 7.42. The summed E-state index contributed by atoms with van der Waals surface area (Å²) in [6, 6.07) is 3.58. The molecular formula is C12H19N3O. The zero-order valence-electron chi connectivity index (χ0n) is 10.3. The van der Waals surface area contributed by atoms with Crippen LogP contribution in [-0.4, -0.2) is 23.0 Å². The van der Waals surface area contributed by atoms with Crippen LogP contribution < -0.4 is 10.6 Å². The van der Waals surface area contributed by atoms with Crippen molar-refractivity contribution in [3.8, 4) is 0 Å². The highest BCUT2D eigenvalue weighted by Gasteiger charge is 2.15. The van der Waals surface area contributed by atoms with Gasteiger partial charge in [0.25, 0.3) is 5.91 Å². The van der Waals surface area contributed by atoms with Gasteiger partial charge in [-0.15, -0.1) is 0 Å². The summed E-state index contributed by atoms with van der Waals surface area (Å²) in [5.74, 6) is -0.143. The molecular weight excluding hydrogens is 202 g/mol. The molecule has 1 heterocycles. The van der Waals surface area contributed by atoms with Gasteiger partial charge in [0.05, 0.1) is 11.9 Å². The highest BCUT2D eigenvalue weighted by atomic mass is 16.2. The summed E-state index contributed by atoms with van der Waals surface area (Å²) >= 11 is 0. The fraction of sp³-hybridized carbons (Fsp3) is 0.500. The van der Waals surface area contributed by atoms with E-state index in [0.717, 1.165) is 12.2 Å². The summed E-state index contributed by atoms with van der Waals surface area (Å²) in [6.45, 7) is 8.68. The number of amides is 1. The van der Waals surface area contributed by atoms with E-state index in [1.807, 2.05) is 33.8 Å². The van der Waals surface area contributed by atoms with E-state index in [1.165, 1.54) is 0 Å². The molecule has 1 amide bonds. The van der Waals surface area contributed by atoms with Gasteiger partial charge in [-0.05, 0) is 39.8 Å². The second-order valence-electron chi connectivity index (χ2n) is 4.67. The quantitative estimate of drug-likeness (QED) is 0.821. The van der Waals surface area contributed by atoms with Gasteiger partial charge >= 0.3 is 0 Å². The average molecular weight is 221 g/mol. The third-order valence-electron chi connectivity index (χ3n) is 1.87. The topological polar surface area (TPSA) is 54.0 Å². The highest BCUT2D eigenvalue weighted by molar-refractivity contribution is 5.92. The Bertz CT molecular complexity index is 352. The van der Waals surface area contributed by atoms with Crippen LogP contribution in [0.3, 0.4) is 0 Å². The molecule has 0 atom stereocenters. The number of aromatic nitrogens is 1. The number of carbonyl (C=O) groups excluding carboxylic acids is 1. The Balaban J connectivity index is 2.70. The molecule has 0 spiro atoms. The van der Waals surface area contributed by atoms with E-state index in [9.17, 15) is 4.79 Å². The number of nitrogens with one attached hydrogen (secondary N) is 2. The van der Waals surface area contributed by atoms with Gasteiger partial charge in [0, 0.05) is 12.1 Å². The molecule has 1 aromatic rings. The molecule has 2 N–H and O–H groups in total. The largest absolute Gasteiger partial charge is 0.384 e. The van der Waals surface area contributed by atoms with Crippen LogP contribution in [0.5, 0.6) is 0 Å². The predicted octanol–water partition coefficient (Wildman–Crippen LogP) is 2.04. The molecule has 4 nitrogen and oxygen atoms in total. The summed E-state index contributed by atoms with van der Waals surface area (Å²) in [6.07, 6.45) is 1.67. The van der Waals surface area contributed by atoms with Crippen LogP contribution in [0.1, 0.15) is 38.2 Å². The van der Waals surface area contributed by atoms with Crippen molar-refractivity contribution >= 4 is 11.6 Å². The van der Waals surface area contributed by atoms with E-state index in [4.69, 9.17) is 0 Å².